The number of halogens is 1. The maximum Gasteiger partial charge on any atom is 0.309 e. The molecular weight excluding hydrogens is 356 g/mol. The zero-order valence-corrected chi connectivity index (χ0v) is 15.8. The van der Waals surface area contributed by atoms with Crippen molar-refractivity contribution in [3.63, 3.8) is 0 Å². The fourth-order valence-corrected chi connectivity index (χ4v) is 3.05. The Morgan fingerprint density at radius 2 is 1.85 bits per heavy atom. The molecule has 1 aromatic rings. The number of benzene rings is 1. The van der Waals surface area contributed by atoms with Gasteiger partial charge in [0.25, 0.3) is 5.91 Å². The lowest BCUT2D eigenvalue weighted by atomic mass is 9.97. The molecule has 26 heavy (non-hydrogen) atoms. The van der Waals surface area contributed by atoms with E-state index in [4.69, 9.17) is 16.3 Å². The quantitative estimate of drug-likeness (QED) is 0.582. The molecule has 1 aliphatic heterocycles. The van der Waals surface area contributed by atoms with Gasteiger partial charge in [0.15, 0.2) is 0 Å². The molecule has 1 heterocycles. The Bertz CT molecular complexity index is 625. The minimum atomic E-state index is -0.177. The van der Waals surface area contributed by atoms with Crippen LogP contribution in [-0.2, 0) is 14.3 Å². The largest absolute Gasteiger partial charge is 0.466 e. The lowest BCUT2D eigenvalue weighted by molar-refractivity contribution is -0.151. The maximum absolute atomic E-state index is 12.2. The summed E-state index contributed by atoms with van der Waals surface area (Å²) < 4.78 is 5.03. The summed E-state index contributed by atoms with van der Waals surface area (Å²) in [5, 5.41) is 3.38. The van der Waals surface area contributed by atoms with Crippen LogP contribution in [-0.4, -0.2) is 48.9 Å². The number of carbonyl (C=O) groups excluding carboxylic acids is 3. The first-order chi connectivity index (χ1) is 12.5. The van der Waals surface area contributed by atoms with E-state index in [1.165, 1.54) is 0 Å². The highest BCUT2D eigenvalue weighted by atomic mass is 35.5. The van der Waals surface area contributed by atoms with Crippen LogP contribution in [0.3, 0.4) is 0 Å². The van der Waals surface area contributed by atoms with Gasteiger partial charge >= 0.3 is 5.97 Å². The molecule has 2 rings (SSSR count). The molecule has 1 N–H and O–H groups in total. The number of amides is 2. The summed E-state index contributed by atoms with van der Waals surface area (Å²) in [5.74, 6) is -0.375. The first-order valence-corrected chi connectivity index (χ1v) is 9.37. The molecule has 0 radical (unpaired) electrons. The van der Waals surface area contributed by atoms with Gasteiger partial charge in [-0.3, -0.25) is 14.4 Å². The van der Waals surface area contributed by atoms with E-state index >= 15 is 0 Å². The third-order valence-electron chi connectivity index (χ3n) is 4.43. The molecule has 0 spiro atoms. The van der Waals surface area contributed by atoms with Gasteiger partial charge in [-0.1, -0.05) is 11.6 Å². The number of nitrogens with zero attached hydrogens (tertiary/aromatic N) is 1. The van der Waals surface area contributed by atoms with Gasteiger partial charge in [-0.15, -0.1) is 0 Å². The molecule has 2 amide bonds. The maximum atomic E-state index is 12.2. The third kappa shape index (κ3) is 6.02. The summed E-state index contributed by atoms with van der Waals surface area (Å²) in [7, 11) is 0. The van der Waals surface area contributed by atoms with Crippen molar-refractivity contribution < 1.29 is 19.1 Å². The zero-order valence-electron chi connectivity index (χ0n) is 15.0. The first kappa shape index (κ1) is 20.2. The van der Waals surface area contributed by atoms with E-state index in [1.54, 1.807) is 36.1 Å². The van der Waals surface area contributed by atoms with E-state index in [0.717, 1.165) is 0 Å². The molecule has 0 aromatic heterocycles. The van der Waals surface area contributed by atoms with E-state index in [-0.39, 0.29) is 23.7 Å². The summed E-state index contributed by atoms with van der Waals surface area (Å²) in [6, 6.07) is 6.66. The molecule has 6 nitrogen and oxygen atoms in total. The second kappa shape index (κ2) is 10.2. The minimum absolute atomic E-state index is 0.0630. The van der Waals surface area contributed by atoms with Crippen LogP contribution >= 0.6 is 11.6 Å². The van der Waals surface area contributed by atoms with Crippen molar-refractivity contribution in [3.05, 3.63) is 34.9 Å². The summed E-state index contributed by atoms with van der Waals surface area (Å²) in [6.07, 6.45) is 2.26. The number of esters is 1. The first-order valence-electron chi connectivity index (χ1n) is 8.99. The molecule has 0 aliphatic carbocycles. The van der Waals surface area contributed by atoms with E-state index < -0.39 is 0 Å². The van der Waals surface area contributed by atoms with Gasteiger partial charge in [-0.05, 0) is 50.5 Å². The molecular formula is C19H25ClN2O4. The molecule has 1 saturated heterocycles. The Hall–Kier alpha value is -2.08. The van der Waals surface area contributed by atoms with Crippen LogP contribution in [0, 0.1) is 5.92 Å². The summed E-state index contributed by atoms with van der Waals surface area (Å²) in [4.78, 5) is 37.7. The fraction of sp³-hybridized carbons (Fsp3) is 0.526. The van der Waals surface area contributed by atoms with Crippen LogP contribution in [0.2, 0.25) is 5.02 Å². The van der Waals surface area contributed by atoms with Crippen LogP contribution in [0.1, 0.15) is 43.0 Å². The highest BCUT2D eigenvalue weighted by Crippen LogP contribution is 2.19. The molecule has 0 saturated carbocycles. The zero-order chi connectivity index (χ0) is 18.9. The van der Waals surface area contributed by atoms with Crippen molar-refractivity contribution in [2.24, 2.45) is 5.92 Å². The molecule has 1 aromatic carbocycles. The van der Waals surface area contributed by atoms with Gasteiger partial charge in [-0.25, -0.2) is 0 Å². The van der Waals surface area contributed by atoms with E-state index in [2.05, 4.69) is 5.32 Å². The molecule has 0 atom stereocenters. The normalized spacial score (nSPS) is 14.8. The van der Waals surface area contributed by atoms with Crippen molar-refractivity contribution in [3.8, 4) is 0 Å². The molecule has 142 valence electrons. The van der Waals surface area contributed by atoms with Gasteiger partial charge in [-0.2, -0.15) is 0 Å². The Kier molecular flexibility index (Phi) is 7.91. The summed E-state index contributed by atoms with van der Waals surface area (Å²) in [6.45, 7) is 3.79. The lowest BCUT2D eigenvalue weighted by Crippen LogP contribution is -2.40. The molecule has 1 aliphatic rings. The van der Waals surface area contributed by atoms with Gasteiger partial charge in [0, 0.05) is 36.6 Å². The Morgan fingerprint density at radius 1 is 1.19 bits per heavy atom. The van der Waals surface area contributed by atoms with Crippen LogP contribution in [0.15, 0.2) is 24.3 Å². The second-order valence-electron chi connectivity index (χ2n) is 6.27. The number of likely N-dealkylation sites (tertiary alicyclic amines) is 1. The van der Waals surface area contributed by atoms with Crippen LogP contribution in [0.5, 0.6) is 0 Å². The van der Waals surface area contributed by atoms with Crippen LogP contribution < -0.4 is 5.32 Å². The smallest absolute Gasteiger partial charge is 0.309 e. The number of hydrogen-bond acceptors (Lipinski definition) is 4. The number of rotatable bonds is 7. The topological polar surface area (TPSA) is 75.7 Å². The average Bonchev–Trinajstić information content (AvgIpc) is 2.65. The van der Waals surface area contributed by atoms with Crippen LogP contribution in [0.25, 0.3) is 0 Å². The van der Waals surface area contributed by atoms with Crippen molar-refractivity contribution in [2.45, 2.75) is 32.6 Å². The summed E-state index contributed by atoms with van der Waals surface area (Å²) >= 11 is 5.79. The van der Waals surface area contributed by atoms with Crippen molar-refractivity contribution >= 4 is 29.4 Å². The second-order valence-corrected chi connectivity index (χ2v) is 6.71. The number of piperidine rings is 1. The number of carbonyl (C=O) groups is 3. The monoisotopic (exact) mass is 380 g/mol. The minimum Gasteiger partial charge on any atom is -0.466 e. The number of ether oxygens (including phenoxy) is 1. The van der Waals surface area contributed by atoms with Gasteiger partial charge in [0.2, 0.25) is 5.91 Å². The highest BCUT2D eigenvalue weighted by molar-refractivity contribution is 6.30. The van der Waals surface area contributed by atoms with Gasteiger partial charge in [0.05, 0.1) is 12.5 Å². The van der Waals surface area contributed by atoms with Gasteiger partial charge < -0.3 is 15.0 Å². The number of hydrogen-bond donors (Lipinski definition) is 1. The Balaban J connectivity index is 1.64. The highest BCUT2D eigenvalue weighted by Gasteiger charge is 2.27. The SMILES string of the molecule is CCOC(=O)C1CCN(C(=O)CCCNC(=O)c2ccc(Cl)cc2)CC1. The third-order valence-corrected chi connectivity index (χ3v) is 4.68. The Labute approximate surface area is 158 Å². The van der Waals surface area contributed by atoms with Gasteiger partial charge in [0.1, 0.15) is 0 Å². The number of nitrogens with one attached hydrogen (secondary N) is 1. The van der Waals surface area contributed by atoms with E-state index in [1.807, 2.05) is 0 Å². The predicted octanol–water partition coefficient (Wildman–Crippen LogP) is 2.65. The Morgan fingerprint density at radius 3 is 2.46 bits per heavy atom. The van der Waals surface area contributed by atoms with Crippen molar-refractivity contribution in [1.29, 1.82) is 0 Å². The molecule has 0 bridgehead atoms. The standard InChI is InChI=1S/C19H25ClN2O4/c1-2-26-19(25)15-9-12-22(13-10-15)17(23)4-3-11-21-18(24)14-5-7-16(20)8-6-14/h5-8,15H,2-4,9-13H2,1H3,(H,21,24). The van der Waals surface area contributed by atoms with Crippen LogP contribution in [0.4, 0.5) is 0 Å². The molecule has 7 heteroatoms. The van der Waals surface area contributed by atoms with Crippen molar-refractivity contribution in [1.82, 2.24) is 10.2 Å². The summed E-state index contributed by atoms with van der Waals surface area (Å²) in [5.41, 5.74) is 0.543. The predicted molar refractivity (Wildman–Crippen MR) is 99.0 cm³/mol. The van der Waals surface area contributed by atoms with E-state index in [9.17, 15) is 14.4 Å². The molecule has 0 unspecified atom stereocenters. The fourth-order valence-electron chi connectivity index (χ4n) is 2.93. The lowest BCUT2D eigenvalue weighted by Gasteiger charge is -2.31. The van der Waals surface area contributed by atoms with Crippen molar-refractivity contribution in [2.75, 3.05) is 26.2 Å². The van der Waals surface area contributed by atoms with E-state index in [0.29, 0.717) is 62.5 Å². The molecule has 1 fully saturated rings. The average molecular weight is 381 g/mol.